The van der Waals surface area contributed by atoms with E-state index in [1.54, 1.807) is 6.92 Å². The number of carbonyl (C=O) groups is 1. The maximum absolute atomic E-state index is 12.0. The first-order valence-electron chi connectivity index (χ1n) is 7.70. The van der Waals surface area contributed by atoms with Gasteiger partial charge in [-0.1, -0.05) is 51.5 Å². The van der Waals surface area contributed by atoms with Gasteiger partial charge in [0, 0.05) is 12.6 Å². The molecule has 0 heterocycles. The molecular weight excluding hydrogens is 262 g/mol. The number of amides is 1. The summed E-state index contributed by atoms with van der Waals surface area (Å²) in [4.78, 5) is 12.0. The number of hydrogen-bond acceptors (Lipinski definition) is 3. The summed E-state index contributed by atoms with van der Waals surface area (Å²) in [5.41, 5.74) is 13.6. The van der Waals surface area contributed by atoms with Crippen molar-refractivity contribution in [3.63, 3.8) is 0 Å². The molecule has 0 aliphatic heterocycles. The van der Waals surface area contributed by atoms with Gasteiger partial charge in [-0.2, -0.15) is 0 Å². The molecule has 118 valence electrons. The molecule has 0 aliphatic rings. The minimum absolute atomic E-state index is 0.140. The molecule has 1 rings (SSSR count). The molecule has 0 fully saturated rings. The number of nitrogens with one attached hydrogen (secondary N) is 1. The normalized spacial score (nSPS) is 15.6. The van der Waals surface area contributed by atoms with Crippen LogP contribution in [0.4, 0.5) is 0 Å². The highest BCUT2D eigenvalue weighted by molar-refractivity contribution is 5.85. The van der Waals surface area contributed by atoms with Crippen LogP contribution in [0.5, 0.6) is 0 Å². The Hall–Kier alpha value is -1.39. The van der Waals surface area contributed by atoms with Crippen LogP contribution in [-0.2, 0) is 4.79 Å². The lowest BCUT2D eigenvalue weighted by atomic mass is 9.96. The maximum Gasteiger partial charge on any atom is 0.239 e. The van der Waals surface area contributed by atoms with E-state index in [-0.39, 0.29) is 11.9 Å². The predicted octanol–water partition coefficient (Wildman–Crippen LogP) is 2.44. The average molecular weight is 291 g/mol. The van der Waals surface area contributed by atoms with Crippen molar-refractivity contribution in [1.29, 1.82) is 0 Å². The van der Waals surface area contributed by atoms with Crippen LogP contribution in [0, 0.1) is 0 Å². The van der Waals surface area contributed by atoms with Gasteiger partial charge in [0.2, 0.25) is 5.91 Å². The summed E-state index contributed by atoms with van der Waals surface area (Å²) in [6.45, 7) is 8.49. The molecule has 21 heavy (non-hydrogen) atoms. The molecule has 0 aromatic heterocycles. The summed E-state index contributed by atoms with van der Waals surface area (Å²) >= 11 is 0. The van der Waals surface area contributed by atoms with E-state index < -0.39 is 5.54 Å². The second-order valence-corrected chi connectivity index (χ2v) is 6.31. The Morgan fingerprint density at radius 2 is 1.76 bits per heavy atom. The summed E-state index contributed by atoms with van der Waals surface area (Å²) in [6, 6.07) is 8.02. The van der Waals surface area contributed by atoms with Crippen LogP contribution in [0.15, 0.2) is 24.3 Å². The largest absolute Gasteiger partial charge is 0.353 e. The Kier molecular flexibility index (Phi) is 6.37. The van der Waals surface area contributed by atoms with Crippen molar-refractivity contribution in [2.75, 3.05) is 6.54 Å². The van der Waals surface area contributed by atoms with Crippen molar-refractivity contribution in [2.45, 2.75) is 58.0 Å². The number of nitrogens with two attached hydrogens (primary N) is 2. The van der Waals surface area contributed by atoms with E-state index in [0.29, 0.717) is 18.9 Å². The van der Waals surface area contributed by atoms with Crippen molar-refractivity contribution in [3.8, 4) is 0 Å². The van der Waals surface area contributed by atoms with Gasteiger partial charge in [-0.25, -0.2) is 0 Å². The van der Waals surface area contributed by atoms with Crippen molar-refractivity contribution in [3.05, 3.63) is 35.4 Å². The van der Waals surface area contributed by atoms with Crippen LogP contribution in [0.1, 0.15) is 63.6 Å². The fourth-order valence-electron chi connectivity index (χ4n) is 2.28. The minimum atomic E-state index is -0.823. The lowest BCUT2D eigenvalue weighted by Crippen LogP contribution is -2.52. The van der Waals surface area contributed by atoms with E-state index in [0.717, 1.165) is 12.0 Å². The minimum Gasteiger partial charge on any atom is -0.353 e. The van der Waals surface area contributed by atoms with E-state index in [2.05, 4.69) is 31.3 Å². The highest BCUT2D eigenvalue weighted by Crippen LogP contribution is 2.17. The summed E-state index contributed by atoms with van der Waals surface area (Å²) in [5, 5.41) is 2.85. The number of carbonyl (C=O) groups excluding carboxylic acids is 1. The van der Waals surface area contributed by atoms with E-state index in [9.17, 15) is 4.79 Å². The first kappa shape index (κ1) is 17.7. The number of benzene rings is 1. The molecule has 1 amide bonds. The van der Waals surface area contributed by atoms with Gasteiger partial charge in [0.15, 0.2) is 0 Å². The zero-order valence-corrected chi connectivity index (χ0v) is 13.6. The van der Waals surface area contributed by atoms with Crippen molar-refractivity contribution in [2.24, 2.45) is 11.5 Å². The highest BCUT2D eigenvalue weighted by atomic mass is 16.2. The topological polar surface area (TPSA) is 81.1 Å². The predicted molar refractivity (Wildman–Crippen MR) is 88.0 cm³/mol. The molecule has 0 saturated heterocycles. The van der Waals surface area contributed by atoms with Crippen LogP contribution in [0.25, 0.3) is 0 Å². The first-order valence-corrected chi connectivity index (χ1v) is 7.70. The monoisotopic (exact) mass is 291 g/mol. The fourth-order valence-corrected chi connectivity index (χ4v) is 2.28. The summed E-state index contributed by atoms with van der Waals surface area (Å²) in [7, 11) is 0. The van der Waals surface area contributed by atoms with Crippen LogP contribution in [-0.4, -0.2) is 18.0 Å². The van der Waals surface area contributed by atoms with Crippen molar-refractivity contribution >= 4 is 5.91 Å². The van der Waals surface area contributed by atoms with Gasteiger partial charge in [0.1, 0.15) is 0 Å². The van der Waals surface area contributed by atoms with E-state index in [1.165, 1.54) is 5.56 Å². The van der Waals surface area contributed by atoms with E-state index >= 15 is 0 Å². The van der Waals surface area contributed by atoms with Crippen LogP contribution in [0.2, 0.25) is 0 Å². The van der Waals surface area contributed by atoms with Crippen LogP contribution < -0.4 is 16.8 Å². The zero-order chi connectivity index (χ0) is 16.0. The first-order chi connectivity index (χ1) is 9.77. The van der Waals surface area contributed by atoms with Gasteiger partial charge >= 0.3 is 0 Å². The third-order valence-electron chi connectivity index (χ3n) is 3.80. The molecule has 1 aromatic carbocycles. The SMILES string of the molecule is CCCC(C)(N)C(=O)NCC(N)c1ccc(C(C)C)cc1. The van der Waals surface area contributed by atoms with Crippen molar-refractivity contribution in [1.82, 2.24) is 5.32 Å². The molecule has 0 aliphatic carbocycles. The number of rotatable bonds is 7. The van der Waals surface area contributed by atoms with Gasteiger partial charge in [-0.3, -0.25) is 4.79 Å². The molecule has 2 atom stereocenters. The maximum atomic E-state index is 12.0. The highest BCUT2D eigenvalue weighted by Gasteiger charge is 2.27. The molecule has 5 N–H and O–H groups in total. The lowest BCUT2D eigenvalue weighted by molar-refractivity contribution is -0.126. The van der Waals surface area contributed by atoms with E-state index in [1.807, 2.05) is 19.1 Å². The second kappa shape index (κ2) is 7.57. The van der Waals surface area contributed by atoms with Crippen molar-refractivity contribution < 1.29 is 4.79 Å². The molecule has 0 spiro atoms. The van der Waals surface area contributed by atoms with Gasteiger partial charge in [-0.15, -0.1) is 0 Å². The summed E-state index contributed by atoms with van der Waals surface area (Å²) in [6.07, 6.45) is 1.54. The van der Waals surface area contributed by atoms with Gasteiger partial charge < -0.3 is 16.8 Å². The third-order valence-corrected chi connectivity index (χ3v) is 3.80. The quantitative estimate of drug-likeness (QED) is 0.721. The van der Waals surface area contributed by atoms with Gasteiger partial charge in [0.05, 0.1) is 5.54 Å². The number of hydrogen-bond donors (Lipinski definition) is 3. The Labute approximate surface area is 128 Å². The zero-order valence-electron chi connectivity index (χ0n) is 13.6. The molecule has 0 saturated carbocycles. The van der Waals surface area contributed by atoms with E-state index in [4.69, 9.17) is 11.5 Å². The summed E-state index contributed by atoms with van der Waals surface area (Å²) in [5.74, 6) is 0.362. The second-order valence-electron chi connectivity index (χ2n) is 6.31. The summed E-state index contributed by atoms with van der Waals surface area (Å²) < 4.78 is 0. The van der Waals surface area contributed by atoms with Crippen LogP contribution >= 0.6 is 0 Å². The molecule has 4 heteroatoms. The Morgan fingerprint density at radius 3 is 2.24 bits per heavy atom. The Morgan fingerprint density at radius 1 is 1.24 bits per heavy atom. The lowest BCUT2D eigenvalue weighted by Gasteiger charge is -2.24. The standard InChI is InChI=1S/C17H29N3O/c1-5-10-17(4,19)16(21)20-11-15(18)14-8-6-13(7-9-14)12(2)3/h6-9,12,15H,5,10-11,18-19H2,1-4H3,(H,20,21). The Bertz CT molecular complexity index is 452. The molecule has 2 unspecified atom stereocenters. The molecular formula is C17H29N3O. The van der Waals surface area contributed by atoms with Gasteiger partial charge in [0.25, 0.3) is 0 Å². The smallest absolute Gasteiger partial charge is 0.239 e. The van der Waals surface area contributed by atoms with Crippen LogP contribution in [0.3, 0.4) is 0 Å². The Balaban J connectivity index is 2.57. The molecule has 0 bridgehead atoms. The molecule has 4 nitrogen and oxygen atoms in total. The van der Waals surface area contributed by atoms with Gasteiger partial charge in [-0.05, 0) is 30.4 Å². The molecule has 0 radical (unpaired) electrons. The average Bonchev–Trinajstić information content (AvgIpc) is 2.44. The fraction of sp³-hybridized carbons (Fsp3) is 0.588. The third kappa shape index (κ3) is 5.14. The molecule has 1 aromatic rings.